The number of nitrogens with zero attached hydrogens (tertiary/aromatic N) is 2. The van der Waals surface area contributed by atoms with E-state index in [-0.39, 0.29) is 5.39 Å². The molecule has 3 nitrogen and oxygen atoms in total. The van der Waals surface area contributed by atoms with Gasteiger partial charge in [0.2, 0.25) is 0 Å². The smallest absolute Gasteiger partial charge is 0.342 e. The zero-order valence-electron chi connectivity index (χ0n) is 11.9. The quantitative estimate of drug-likeness (QED) is 0.784. The fourth-order valence-electron chi connectivity index (χ4n) is 2.59. The maximum Gasteiger partial charge on any atom is 0.417 e. The van der Waals surface area contributed by atoms with Crippen molar-refractivity contribution in [1.82, 2.24) is 9.55 Å². The molecule has 0 radical (unpaired) electrons. The molecular formula is C16H14F3N3. The van der Waals surface area contributed by atoms with E-state index in [1.54, 1.807) is 36.0 Å². The summed E-state index contributed by atoms with van der Waals surface area (Å²) in [5.74, 6) is 0. The fraction of sp³-hybridized carbons (Fsp3) is 0.188. The van der Waals surface area contributed by atoms with E-state index in [1.165, 1.54) is 12.1 Å². The number of aromatic nitrogens is 2. The maximum absolute atomic E-state index is 13.1. The number of hydrogen-bond donors (Lipinski definition) is 1. The average Bonchev–Trinajstić information content (AvgIpc) is 2.83. The monoisotopic (exact) mass is 305 g/mol. The van der Waals surface area contributed by atoms with E-state index in [2.05, 4.69) is 4.98 Å². The van der Waals surface area contributed by atoms with Crippen molar-refractivity contribution in [2.45, 2.75) is 12.7 Å². The molecule has 3 rings (SSSR count). The van der Waals surface area contributed by atoms with Gasteiger partial charge in [-0.3, -0.25) is 4.98 Å². The number of aryl methyl sites for hydroxylation is 1. The minimum atomic E-state index is -4.38. The summed E-state index contributed by atoms with van der Waals surface area (Å²) < 4.78 is 41.1. The lowest BCUT2D eigenvalue weighted by Crippen LogP contribution is -2.05. The molecule has 0 aliphatic heterocycles. The van der Waals surface area contributed by atoms with E-state index in [1.807, 2.05) is 0 Å². The first-order chi connectivity index (χ1) is 10.4. The van der Waals surface area contributed by atoms with Gasteiger partial charge in [-0.2, -0.15) is 13.2 Å². The van der Waals surface area contributed by atoms with Crippen molar-refractivity contribution in [2.75, 3.05) is 0 Å². The van der Waals surface area contributed by atoms with E-state index >= 15 is 0 Å². The molecule has 0 saturated carbocycles. The second kappa shape index (κ2) is 5.14. The molecule has 2 aromatic heterocycles. The predicted molar refractivity (Wildman–Crippen MR) is 79.0 cm³/mol. The molecule has 0 bridgehead atoms. The number of benzene rings is 1. The molecule has 2 N–H and O–H groups in total. The van der Waals surface area contributed by atoms with Crippen LogP contribution in [0.1, 0.15) is 11.1 Å². The molecule has 22 heavy (non-hydrogen) atoms. The minimum Gasteiger partial charge on any atom is -0.342 e. The number of rotatable bonds is 2. The van der Waals surface area contributed by atoms with Gasteiger partial charge in [0, 0.05) is 30.7 Å². The molecule has 2 heterocycles. The van der Waals surface area contributed by atoms with E-state index in [4.69, 9.17) is 5.73 Å². The second-order valence-corrected chi connectivity index (χ2v) is 5.08. The van der Waals surface area contributed by atoms with Gasteiger partial charge in [-0.25, -0.2) is 0 Å². The van der Waals surface area contributed by atoms with Gasteiger partial charge in [-0.1, -0.05) is 6.07 Å². The molecule has 0 aliphatic rings. The first kappa shape index (κ1) is 14.6. The van der Waals surface area contributed by atoms with Crippen molar-refractivity contribution in [2.24, 2.45) is 12.8 Å². The summed E-state index contributed by atoms with van der Waals surface area (Å²) >= 11 is 0. The summed E-state index contributed by atoms with van der Waals surface area (Å²) in [7, 11) is 1.73. The highest BCUT2D eigenvalue weighted by atomic mass is 19.4. The highest BCUT2D eigenvalue weighted by Crippen LogP contribution is 2.37. The molecule has 0 amide bonds. The molecule has 0 saturated heterocycles. The molecule has 114 valence electrons. The second-order valence-electron chi connectivity index (χ2n) is 5.08. The largest absolute Gasteiger partial charge is 0.417 e. The van der Waals surface area contributed by atoms with Crippen LogP contribution in [0.2, 0.25) is 0 Å². The molecule has 0 aliphatic carbocycles. The Hall–Kier alpha value is -2.34. The van der Waals surface area contributed by atoms with Crippen LogP contribution in [0.25, 0.3) is 22.3 Å². The summed E-state index contributed by atoms with van der Waals surface area (Å²) in [6.45, 7) is 0.354. The topological polar surface area (TPSA) is 43.8 Å². The van der Waals surface area contributed by atoms with Gasteiger partial charge in [0.15, 0.2) is 0 Å². The third kappa shape index (κ3) is 2.35. The minimum absolute atomic E-state index is 0.174. The molecule has 0 atom stereocenters. The van der Waals surface area contributed by atoms with Crippen LogP contribution < -0.4 is 5.73 Å². The fourth-order valence-corrected chi connectivity index (χ4v) is 2.59. The normalized spacial score (nSPS) is 12.0. The number of hydrogen-bond acceptors (Lipinski definition) is 2. The summed E-state index contributed by atoms with van der Waals surface area (Å²) in [4.78, 5) is 4.25. The maximum atomic E-state index is 13.1. The van der Waals surface area contributed by atoms with E-state index in [0.717, 1.165) is 11.6 Å². The average molecular weight is 305 g/mol. The number of halogens is 3. The first-order valence-corrected chi connectivity index (χ1v) is 6.73. The zero-order chi connectivity index (χ0) is 15.9. The number of pyridine rings is 1. The Morgan fingerprint density at radius 1 is 1.18 bits per heavy atom. The van der Waals surface area contributed by atoms with Gasteiger partial charge in [0.25, 0.3) is 0 Å². The van der Waals surface area contributed by atoms with Crippen LogP contribution in [0.15, 0.2) is 42.6 Å². The Morgan fingerprint density at radius 2 is 1.95 bits per heavy atom. The standard InChI is InChI=1S/C16H14F3N3/c1-22-14-4-2-3-12(16(17,18)19)11(14)8-15(22)13-7-10(9-20)5-6-21-13/h2-8H,9,20H2,1H3. The van der Waals surface area contributed by atoms with Crippen LogP contribution >= 0.6 is 0 Å². The van der Waals surface area contributed by atoms with Crippen molar-refractivity contribution in [3.63, 3.8) is 0 Å². The van der Waals surface area contributed by atoms with Crippen LogP contribution in [0, 0.1) is 0 Å². The lowest BCUT2D eigenvalue weighted by molar-refractivity contribution is -0.136. The Kier molecular flexibility index (Phi) is 3.41. The Labute approximate surface area is 125 Å². The number of alkyl halides is 3. The Morgan fingerprint density at radius 3 is 2.64 bits per heavy atom. The van der Waals surface area contributed by atoms with Gasteiger partial charge >= 0.3 is 6.18 Å². The zero-order valence-corrected chi connectivity index (χ0v) is 11.9. The highest BCUT2D eigenvalue weighted by Gasteiger charge is 2.33. The van der Waals surface area contributed by atoms with Crippen molar-refractivity contribution in [3.05, 3.63) is 53.7 Å². The van der Waals surface area contributed by atoms with Crippen molar-refractivity contribution < 1.29 is 13.2 Å². The summed E-state index contributed by atoms with van der Waals surface area (Å²) in [6, 6.07) is 9.28. The number of fused-ring (bicyclic) bond motifs is 1. The van der Waals surface area contributed by atoms with Crippen molar-refractivity contribution in [1.29, 1.82) is 0 Å². The van der Waals surface area contributed by atoms with Crippen LogP contribution in [-0.2, 0) is 19.8 Å². The predicted octanol–water partition coefficient (Wildman–Crippen LogP) is 3.72. The molecule has 1 aromatic carbocycles. The van der Waals surface area contributed by atoms with Crippen LogP contribution in [0.4, 0.5) is 13.2 Å². The van der Waals surface area contributed by atoms with Crippen molar-refractivity contribution >= 4 is 10.9 Å². The third-order valence-electron chi connectivity index (χ3n) is 3.71. The summed E-state index contributed by atoms with van der Waals surface area (Å²) in [6.07, 6.45) is -2.77. The number of nitrogens with two attached hydrogens (primary N) is 1. The Balaban J connectivity index is 2.26. The van der Waals surface area contributed by atoms with Gasteiger partial charge in [-0.05, 0) is 35.9 Å². The molecule has 3 aromatic rings. The molecule has 0 unspecified atom stereocenters. The molecule has 6 heteroatoms. The van der Waals surface area contributed by atoms with Crippen LogP contribution in [0.3, 0.4) is 0 Å². The van der Waals surface area contributed by atoms with Gasteiger partial charge in [0.05, 0.1) is 17.0 Å². The third-order valence-corrected chi connectivity index (χ3v) is 3.71. The lowest BCUT2D eigenvalue weighted by atomic mass is 10.1. The van der Waals surface area contributed by atoms with E-state index in [0.29, 0.717) is 23.4 Å². The summed E-state index contributed by atoms with van der Waals surface area (Å²) in [5.41, 5.74) is 7.60. The van der Waals surface area contributed by atoms with Crippen LogP contribution in [-0.4, -0.2) is 9.55 Å². The first-order valence-electron chi connectivity index (χ1n) is 6.73. The molecule has 0 fully saturated rings. The SMILES string of the molecule is Cn1c(-c2cc(CN)ccn2)cc2c(C(F)(F)F)cccc21. The van der Waals surface area contributed by atoms with E-state index in [9.17, 15) is 13.2 Å². The van der Waals surface area contributed by atoms with E-state index < -0.39 is 11.7 Å². The highest BCUT2D eigenvalue weighted by molar-refractivity contribution is 5.89. The lowest BCUT2D eigenvalue weighted by Gasteiger charge is -2.08. The Bertz CT molecular complexity index is 834. The van der Waals surface area contributed by atoms with Gasteiger partial charge in [0.1, 0.15) is 0 Å². The molecular weight excluding hydrogens is 291 g/mol. The summed E-state index contributed by atoms with van der Waals surface area (Å²) in [5, 5.41) is 0.174. The van der Waals surface area contributed by atoms with Crippen molar-refractivity contribution in [3.8, 4) is 11.4 Å². The van der Waals surface area contributed by atoms with Gasteiger partial charge < -0.3 is 10.3 Å². The van der Waals surface area contributed by atoms with Gasteiger partial charge in [-0.15, -0.1) is 0 Å². The van der Waals surface area contributed by atoms with Crippen LogP contribution in [0.5, 0.6) is 0 Å². The molecule has 0 spiro atoms.